The summed E-state index contributed by atoms with van der Waals surface area (Å²) in [7, 11) is 0. The molecule has 3 aromatic rings. The molecule has 3 rings (SSSR count). The number of nitrogens with zero attached hydrogens (tertiary/aromatic N) is 3. The average Bonchev–Trinajstić information content (AvgIpc) is 2.75. The molecular weight excluding hydrogens is 456 g/mol. The van der Waals surface area contributed by atoms with E-state index >= 15 is 0 Å². The number of ether oxygens (including phenoxy) is 1. The number of hydrogen-bond acceptors (Lipinski definition) is 7. The number of hydrogen-bond donors (Lipinski definition) is 1. The molecule has 0 aliphatic rings. The zero-order valence-corrected chi connectivity index (χ0v) is 16.8. The number of rotatable bonds is 6. The molecular formula is C20H13BrN4O5. The lowest BCUT2D eigenvalue weighted by molar-refractivity contribution is -0.384. The number of aromatic nitrogens is 1. The van der Waals surface area contributed by atoms with Gasteiger partial charge in [0.2, 0.25) is 0 Å². The van der Waals surface area contributed by atoms with Gasteiger partial charge in [0.1, 0.15) is 5.75 Å². The van der Waals surface area contributed by atoms with Gasteiger partial charge < -0.3 is 4.74 Å². The van der Waals surface area contributed by atoms with Crippen molar-refractivity contribution in [2.45, 2.75) is 0 Å². The Kier molecular flexibility index (Phi) is 6.60. The van der Waals surface area contributed by atoms with Crippen molar-refractivity contribution < 1.29 is 19.2 Å². The van der Waals surface area contributed by atoms with Crippen molar-refractivity contribution in [3.63, 3.8) is 0 Å². The highest BCUT2D eigenvalue weighted by atomic mass is 79.9. The van der Waals surface area contributed by atoms with E-state index in [1.807, 2.05) is 0 Å². The third-order valence-electron chi connectivity index (χ3n) is 3.75. The van der Waals surface area contributed by atoms with E-state index in [4.69, 9.17) is 4.74 Å². The summed E-state index contributed by atoms with van der Waals surface area (Å²) in [5, 5.41) is 14.9. The molecule has 30 heavy (non-hydrogen) atoms. The summed E-state index contributed by atoms with van der Waals surface area (Å²) >= 11 is 3.22. The highest BCUT2D eigenvalue weighted by molar-refractivity contribution is 9.10. The molecule has 0 atom stereocenters. The van der Waals surface area contributed by atoms with Crippen LogP contribution >= 0.6 is 15.9 Å². The van der Waals surface area contributed by atoms with E-state index in [1.54, 1.807) is 36.4 Å². The van der Waals surface area contributed by atoms with Gasteiger partial charge in [0.15, 0.2) is 0 Å². The smallest absolute Gasteiger partial charge is 0.343 e. The Bertz CT molecular complexity index is 1140. The van der Waals surface area contributed by atoms with Crippen molar-refractivity contribution in [1.82, 2.24) is 10.4 Å². The van der Waals surface area contributed by atoms with Crippen LogP contribution < -0.4 is 10.2 Å². The Morgan fingerprint density at radius 1 is 1.10 bits per heavy atom. The Hall–Kier alpha value is -3.92. The van der Waals surface area contributed by atoms with Crippen LogP contribution in [0.5, 0.6) is 5.75 Å². The third-order valence-corrected chi connectivity index (χ3v) is 4.19. The number of halogens is 1. The van der Waals surface area contributed by atoms with Gasteiger partial charge in [0.05, 0.1) is 22.3 Å². The second kappa shape index (κ2) is 9.52. The van der Waals surface area contributed by atoms with Crippen LogP contribution in [0.1, 0.15) is 26.3 Å². The minimum absolute atomic E-state index is 0.0524. The van der Waals surface area contributed by atoms with E-state index in [-0.39, 0.29) is 22.6 Å². The summed E-state index contributed by atoms with van der Waals surface area (Å²) in [6.45, 7) is 0. The van der Waals surface area contributed by atoms with Crippen molar-refractivity contribution in [2.24, 2.45) is 5.10 Å². The normalized spacial score (nSPS) is 10.6. The van der Waals surface area contributed by atoms with Gasteiger partial charge in [-0.3, -0.25) is 19.9 Å². The number of nitro groups is 1. The summed E-state index contributed by atoms with van der Waals surface area (Å²) in [6.07, 6.45) is 4.04. The third kappa shape index (κ3) is 5.32. The first-order chi connectivity index (χ1) is 14.4. The van der Waals surface area contributed by atoms with Gasteiger partial charge in [-0.2, -0.15) is 5.10 Å². The van der Waals surface area contributed by atoms with Crippen LogP contribution in [0, 0.1) is 10.1 Å². The number of nitrogens with one attached hydrogen (secondary N) is 1. The molecule has 0 saturated carbocycles. The Balaban J connectivity index is 1.81. The van der Waals surface area contributed by atoms with E-state index in [0.717, 1.165) is 6.21 Å². The van der Waals surface area contributed by atoms with E-state index in [0.29, 0.717) is 10.0 Å². The minimum atomic E-state index is -0.636. The highest BCUT2D eigenvalue weighted by Gasteiger charge is 2.15. The van der Waals surface area contributed by atoms with Gasteiger partial charge in [-0.15, -0.1) is 0 Å². The summed E-state index contributed by atoms with van der Waals surface area (Å²) in [4.78, 5) is 38.8. The lowest BCUT2D eigenvalue weighted by atomic mass is 10.2. The first kappa shape index (κ1) is 20.8. The lowest BCUT2D eigenvalue weighted by Gasteiger charge is -2.07. The lowest BCUT2D eigenvalue weighted by Crippen LogP contribution is -2.18. The molecule has 1 heterocycles. The SMILES string of the molecule is O=C(N/N=C/c1cc([N+](=O)[O-])ccc1OC(=O)c1ccccc1)c1cncc(Br)c1. The van der Waals surface area contributed by atoms with Crippen LogP contribution in [0.15, 0.2) is 76.6 Å². The van der Waals surface area contributed by atoms with Crippen molar-refractivity contribution in [3.8, 4) is 5.75 Å². The van der Waals surface area contributed by atoms with Crippen molar-refractivity contribution in [1.29, 1.82) is 0 Å². The molecule has 0 bridgehead atoms. The molecule has 9 nitrogen and oxygen atoms in total. The molecule has 150 valence electrons. The first-order valence-corrected chi connectivity index (χ1v) is 9.23. The van der Waals surface area contributed by atoms with E-state index in [1.165, 1.54) is 30.6 Å². The average molecular weight is 469 g/mol. The molecule has 0 aliphatic carbocycles. The van der Waals surface area contributed by atoms with Crippen molar-refractivity contribution in [3.05, 3.63) is 98.3 Å². The fraction of sp³-hybridized carbons (Fsp3) is 0. The minimum Gasteiger partial charge on any atom is -0.422 e. The zero-order valence-electron chi connectivity index (χ0n) is 15.2. The number of hydrazone groups is 1. The van der Waals surface area contributed by atoms with Crippen LogP contribution in [-0.2, 0) is 0 Å². The van der Waals surface area contributed by atoms with Crippen molar-refractivity contribution in [2.75, 3.05) is 0 Å². The number of pyridine rings is 1. The standard InChI is InChI=1S/C20H13BrN4O5/c21-16-8-15(10-22-12-16)19(26)24-23-11-14-9-17(25(28)29)6-7-18(14)30-20(27)13-4-2-1-3-5-13/h1-12H,(H,24,26)/b23-11+. The molecule has 10 heteroatoms. The maximum Gasteiger partial charge on any atom is 0.343 e. The maximum atomic E-state index is 12.3. The molecule has 0 aliphatic heterocycles. The molecule has 0 unspecified atom stereocenters. The number of carbonyl (C=O) groups excluding carboxylic acids is 2. The summed E-state index contributed by atoms with van der Waals surface area (Å²) in [6, 6.07) is 13.5. The topological polar surface area (TPSA) is 124 Å². The number of carbonyl (C=O) groups is 2. The molecule has 0 radical (unpaired) electrons. The summed E-state index contributed by atoms with van der Waals surface area (Å²) in [5.74, 6) is -1.12. The Morgan fingerprint density at radius 2 is 1.87 bits per heavy atom. The fourth-order valence-corrected chi connectivity index (χ4v) is 2.70. The van der Waals surface area contributed by atoms with Gasteiger partial charge in [-0.25, -0.2) is 10.2 Å². The van der Waals surface area contributed by atoms with Crippen LogP contribution in [0.25, 0.3) is 0 Å². The van der Waals surface area contributed by atoms with Crippen molar-refractivity contribution >= 4 is 39.7 Å². The second-order valence-corrected chi connectivity index (χ2v) is 6.74. The van der Waals surface area contributed by atoms with E-state index in [9.17, 15) is 19.7 Å². The van der Waals surface area contributed by atoms with Gasteiger partial charge in [-0.1, -0.05) is 18.2 Å². The fourth-order valence-electron chi connectivity index (χ4n) is 2.34. The molecule has 1 amide bonds. The predicted octanol–water partition coefficient (Wildman–Crippen LogP) is 3.74. The van der Waals surface area contributed by atoms with Gasteiger partial charge in [0.25, 0.3) is 11.6 Å². The van der Waals surface area contributed by atoms with Gasteiger partial charge in [0, 0.05) is 34.6 Å². The van der Waals surface area contributed by atoms with Crippen LogP contribution in [0.2, 0.25) is 0 Å². The number of non-ortho nitro benzene ring substituents is 1. The van der Waals surface area contributed by atoms with Gasteiger partial charge in [-0.05, 0) is 40.2 Å². The monoisotopic (exact) mass is 468 g/mol. The number of nitro benzene ring substituents is 1. The van der Waals surface area contributed by atoms with Crippen LogP contribution in [0.4, 0.5) is 5.69 Å². The molecule has 2 aromatic carbocycles. The highest BCUT2D eigenvalue weighted by Crippen LogP contribution is 2.24. The largest absolute Gasteiger partial charge is 0.422 e. The van der Waals surface area contributed by atoms with Gasteiger partial charge >= 0.3 is 5.97 Å². The molecule has 0 spiro atoms. The van der Waals surface area contributed by atoms with E-state index in [2.05, 4.69) is 31.4 Å². The maximum absolute atomic E-state index is 12.3. The number of esters is 1. The molecule has 1 aromatic heterocycles. The molecule has 0 fully saturated rings. The summed E-state index contributed by atoms with van der Waals surface area (Å²) in [5.41, 5.74) is 2.79. The number of benzene rings is 2. The zero-order chi connectivity index (χ0) is 21.5. The van der Waals surface area contributed by atoms with Crippen LogP contribution in [-0.4, -0.2) is 28.0 Å². The molecule has 0 saturated heterocycles. The Labute approximate surface area is 178 Å². The quantitative estimate of drug-likeness (QED) is 0.193. The first-order valence-electron chi connectivity index (χ1n) is 8.43. The summed E-state index contributed by atoms with van der Waals surface area (Å²) < 4.78 is 5.96. The predicted molar refractivity (Wildman–Crippen MR) is 111 cm³/mol. The Morgan fingerprint density at radius 3 is 2.57 bits per heavy atom. The second-order valence-electron chi connectivity index (χ2n) is 5.83. The van der Waals surface area contributed by atoms with Crippen LogP contribution in [0.3, 0.4) is 0 Å². The number of amides is 1. The van der Waals surface area contributed by atoms with E-state index < -0.39 is 16.8 Å². The molecule has 1 N–H and O–H groups in total.